The quantitative estimate of drug-likeness (QED) is 0.656. The van der Waals surface area contributed by atoms with Crippen LogP contribution in [0.5, 0.6) is 5.75 Å². The zero-order chi connectivity index (χ0) is 19.5. The van der Waals surface area contributed by atoms with E-state index in [1.165, 1.54) is 7.05 Å². The van der Waals surface area contributed by atoms with E-state index in [9.17, 15) is 9.32 Å². The number of halogens is 1. The Morgan fingerprint density at radius 1 is 1.16 bits per heavy atom. The van der Waals surface area contributed by atoms with Gasteiger partial charge < -0.3 is 5.73 Å². The molecule has 5 heteroatoms. The first-order chi connectivity index (χ1) is 11.9. The minimum absolute atomic E-state index is 0.0607. The van der Waals surface area contributed by atoms with Crippen LogP contribution in [-0.4, -0.2) is 31.3 Å². The average Bonchev–Trinajstić information content (AvgIpc) is 2.60. The van der Waals surface area contributed by atoms with E-state index in [2.05, 4.69) is 50.2 Å². The van der Waals surface area contributed by atoms with Crippen LogP contribution in [0.3, 0.4) is 0 Å². The molecule has 144 valence electrons. The summed E-state index contributed by atoms with van der Waals surface area (Å²) in [5.41, 5.74) is 6.43. The second kappa shape index (κ2) is 12.0. The summed E-state index contributed by atoms with van der Waals surface area (Å²) in [6.45, 7) is 13.0. The van der Waals surface area contributed by atoms with Crippen LogP contribution in [-0.2, 0) is 12.0 Å². The molecule has 0 unspecified atom stereocenters. The number of unbranched alkanes of at least 4 members (excludes halogenated alkanes) is 1. The summed E-state index contributed by atoms with van der Waals surface area (Å²) in [6.07, 6.45) is 3.93. The van der Waals surface area contributed by atoms with Crippen molar-refractivity contribution in [2.24, 2.45) is 5.73 Å². The molecule has 0 aliphatic carbocycles. The molecule has 0 aromatic heterocycles. The third-order valence-corrected chi connectivity index (χ3v) is 4.03. The lowest BCUT2D eigenvalue weighted by Gasteiger charge is -2.25. The van der Waals surface area contributed by atoms with Gasteiger partial charge in [0, 0.05) is 16.6 Å². The number of aldehydes is 1. The normalized spacial score (nSPS) is 11.1. The Morgan fingerprint density at radius 2 is 1.80 bits per heavy atom. The van der Waals surface area contributed by atoms with Crippen molar-refractivity contribution in [2.45, 2.75) is 65.8 Å². The summed E-state index contributed by atoms with van der Waals surface area (Å²) in [5, 5.41) is 0. The summed E-state index contributed by atoms with van der Waals surface area (Å²) < 4.78 is 13.1. The molecule has 2 N–H and O–H groups in total. The number of carbonyl (C=O) groups is 1. The molecule has 0 saturated heterocycles. The second-order valence-electron chi connectivity index (χ2n) is 7.13. The van der Waals surface area contributed by atoms with Crippen LogP contribution in [0.4, 0.5) is 4.53 Å². The van der Waals surface area contributed by atoms with Gasteiger partial charge in [0.25, 0.3) is 0 Å². The highest BCUT2D eigenvalue weighted by Crippen LogP contribution is 2.32. The van der Waals surface area contributed by atoms with E-state index in [0.717, 1.165) is 43.5 Å². The smallest absolute Gasteiger partial charge is 0.186 e. The number of nitrogens with zero attached hydrogens (tertiary/aromatic N) is 1. The lowest BCUT2D eigenvalue weighted by molar-refractivity contribution is -0.00879. The Balaban J connectivity index is 0.00000277. The van der Waals surface area contributed by atoms with Crippen molar-refractivity contribution in [3.8, 4) is 5.75 Å². The standard InChI is InChI=1S/C19H30FNO2.CH5N/c1-6-8-10-21(9-7-2)13-15-11-17(19(3,4)5)12-16(14-22)18(15)23-20;1-2/h11-12,14H,6-10,13H2,1-5H3;2H2,1H3. The van der Waals surface area contributed by atoms with Gasteiger partial charge >= 0.3 is 0 Å². The fourth-order valence-corrected chi connectivity index (χ4v) is 2.65. The maximum atomic E-state index is 13.1. The van der Waals surface area contributed by atoms with Crippen LogP contribution in [0.25, 0.3) is 0 Å². The zero-order valence-corrected chi connectivity index (χ0v) is 16.7. The molecule has 0 aliphatic heterocycles. The van der Waals surface area contributed by atoms with Gasteiger partial charge in [-0.05, 0) is 50.0 Å². The molecule has 0 fully saturated rings. The van der Waals surface area contributed by atoms with Crippen LogP contribution < -0.4 is 10.7 Å². The van der Waals surface area contributed by atoms with Gasteiger partial charge in [-0.1, -0.05) is 47.1 Å². The highest BCUT2D eigenvalue weighted by molar-refractivity contribution is 5.81. The topological polar surface area (TPSA) is 55.6 Å². The number of carbonyl (C=O) groups excluding carboxylic acids is 1. The lowest BCUT2D eigenvalue weighted by atomic mass is 9.84. The van der Waals surface area contributed by atoms with Crippen molar-refractivity contribution < 1.29 is 14.3 Å². The number of hydrogen-bond acceptors (Lipinski definition) is 4. The molecule has 1 aromatic rings. The van der Waals surface area contributed by atoms with Crippen LogP contribution in [0.1, 0.15) is 75.4 Å². The van der Waals surface area contributed by atoms with Crippen molar-refractivity contribution in [1.29, 1.82) is 0 Å². The maximum Gasteiger partial charge on any atom is 0.186 e. The van der Waals surface area contributed by atoms with Gasteiger partial charge in [0.05, 0.1) is 5.56 Å². The van der Waals surface area contributed by atoms with Gasteiger partial charge in [-0.2, -0.15) is 0 Å². The van der Waals surface area contributed by atoms with Gasteiger partial charge in [0.1, 0.15) is 0 Å². The summed E-state index contributed by atoms with van der Waals surface area (Å²) in [4.78, 5) is 17.7. The van der Waals surface area contributed by atoms with Crippen LogP contribution in [0.2, 0.25) is 0 Å². The molecule has 4 nitrogen and oxygen atoms in total. The molecule has 0 amide bonds. The third-order valence-electron chi connectivity index (χ3n) is 4.03. The SMILES string of the molecule is CCCCN(CCC)Cc1cc(C(C)(C)C)cc(C=O)c1OF.CN. The molecule has 0 aliphatic rings. The molecule has 0 heterocycles. The zero-order valence-electron chi connectivity index (χ0n) is 16.7. The summed E-state index contributed by atoms with van der Waals surface area (Å²) in [7, 11) is 1.50. The average molecular weight is 355 g/mol. The van der Waals surface area contributed by atoms with Gasteiger partial charge in [0.15, 0.2) is 12.0 Å². The molecule has 0 radical (unpaired) electrons. The monoisotopic (exact) mass is 354 g/mol. The first-order valence-corrected chi connectivity index (χ1v) is 9.08. The lowest BCUT2D eigenvalue weighted by Crippen LogP contribution is -2.26. The Morgan fingerprint density at radius 3 is 2.24 bits per heavy atom. The summed E-state index contributed by atoms with van der Waals surface area (Å²) in [6, 6.07) is 3.69. The largest absolute Gasteiger partial charge is 0.333 e. The fourth-order valence-electron chi connectivity index (χ4n) is 2.65. The van der Waals surface area contributed by atoms with E-state index in [4.69, 9.17) is 0 Å². The Labute approximate surface area is 152 Å². The predicted octanol–water partition coefficient (Wildman–Crippen LogP) is 4.65. The van der Waals surface area contributed by atoms with Crippen molar-refractivity contribution in [1.82, 2.24) is 4.90 Å². The van der Waals surface area contributed by atoms with Crippen molar-refractivity contribution in [2.75, 3.05) is 20.1 Å². The number of benzene rings is 1. The molecular weight excluding hydrogens is 319 g/mol. The van der Waals surface area contributed by atoms with Crippen molar-refractivity contribution in [3.63, 3.8) is 0 Å². The second-order valence-corrected chi connectivity index (χ2v) is 7.13. The summed E-state index contributed by atoms with van der Waals surface area (Å²) in [5.74, 6) is 0.0607. The van der Waals surface area contributed by atoms with E-state index >= 15 is 0 Å². The maximum absolute atomic E-state index is 13.1. The number of rotatable bonds is 9. The minimum Gasteiger partial charge on any atom is -0.333 e. The third kappa shape index (κ3) is 7.53. The summed E-state index contributed by atoms with van der Waals surface area (Å²) >= 11 is 0. The molecule has 1 aromatic carbocycles. The molecule has 1 rings (SSSR count). The first kappa shape index (κ1) is 23.5. The molecule has 0 spiro atoms. The Bertz CT molecular complexity index is 513. The van der Waals surface area contributed by atoms with E-state index in [1.54, 1.807) is 6.07 Å². The Hall–Kier alpha value is -1.46. The molecule has 0 atom stereocenters. The molecule has 25 heavy (non-hydrogen) atoms. The van der Waals surface area contributed by atoms with Gasteiger partial charge in [0.2, 0.25) is 0 Å². The Kier molecular flexibility index (Phi) is 11.3. The van der Waals surface area contributed by atoms with E-state index in [1.807, 2.05) is 6.07 Å². The minimum atomic E-state index is -0.111. The fraction of sp³-hybridized carbons (Fsp3) is 0.650. The van der Waals surface area contributed by atoms with E-state index in [0.29, 0.717) is 12.8 Å². The van der Waals surface area contributed by atoms with Crippen LogP contribution in [0, 0.1) is 0 Å². The molecular formula is C20H35FN2O2. The van der Waals surface area contributed by atoms with Crippen LogP contribution in [0.15, 0.2) is 12.1 Å². The van der Waals surface area contributed by atoms with Crippen LogP contribution >= 0.6 is 0 Å². The number of nitrogens with two attached hydrogens (primary N) is 1. The van der Waals surface area contributed by atoms with E-state index in [-0.39, 0.29) is 16.7 Å². The highest BCUT2D eigenvalue weighted by Gasteiger charge is 2.21. The van der Waals surface area contributed by atoms with Gasteiger partial charge in [-0.15, -0.1) is 0 Å². The number of hydrogen-bond donors (Lipinski definition) is 1. The molecule has 0 bridgehead atoms. The first-order valence-electron chi connectivity index (χ1n) is 9.08. The van der Waals surface area contributed by atoms with E-state index < -0.39 is 0 Å². The van der Waals surface area contributed by atoms with Crippen molar-refractivity contribution in [3.05, 3.63) is 28.8 Å². The van der Waals surface area contributed by atoms with Gasteiger partial charge in [-0.25, -0.2) is 0 Å². The molecule has 0 saturated carbocycles. The van der Waals surface area contributed by atoms with Crippen molar-refractivity contribution >= 4 is 6.29 Å². The highest BCUT2D eigenvalue weighted by atomic mass is 19.3. The predicted molar refractivity (Wildman–Crippen MR) is 103 cm³/mol. The van der Waals surface area contributed by atoms with Gasteiger partial charge in [-0.3, -0.25) is 14.6 Å².